The Morgan fingerprint density at radius 1 is 1.11 bits per heavy atom. The highest BCUT2D eigenvalue weighted by Gasteiger charge is 2.14. The molecule has 0 aromatic heterocycles. The molecule has 0 aliphatic rings. The predicted molar refractivity (Wildman–Crippen MR) is 69.1 cm³/mol. The van der Waals surface area contributed by atoms with Crippen molar-refractivity contribution in [2.75, 3.05) is 0 Å². The molecule has 0 saturated carbocycles. The van der Waals surface area contributed by atoms with Gasteiger partial charge in [0.25, 0.3) is 0 Å². The van der Waals surface area contributed by atoms with E-state index in [1.165, 1.54) is 0 Å². The minimum atomic E-state index is -1.03. The molecule has 0 atom stereocenters. The number of ketones is 1. The van der Waals surface area contributed by atoms with Gasteiger partial charge in [-0.3, -0.25) is 4.79 Å². The normalized spacial score (nSPS) is 10.7. The van der Waals surface area contributed by atoms with Crippen LogP contribution in [0.3, 0.4) is 0 Å². The topological polar surface area (TPSA) is 17.1 Å². The lowest BCUT2D eigenvalue weighted by Crippen LogP contribution is -2.02. The fourth-order valence-electron chi connectivity index (χ4n) is 1.76. The molecule has 1 nitrogen and oxygen atoms in total. The molecule has 0 saturated heterocycles. The number of carbonyl (C=O) groups excluding carboxylic acids is 1. The Balaban J connectivity index is 2.54. The third kappa shape index (κ3) is 4.37. The Labute approximate surface area is 111 Å². The molecule has 1 aromatic carbocycles. The molecule has 0 amide bonds. The van der Waals surface area contributed by atoms with Crippen molar-refractivity contribution in [2.45, 2.75) is 45.4 Å². The van der Waals surface area contributed by atoms with Crippen LogP contribution in [0, 0.1) is 11.6 Å². The number of hydrogen-bond donors (Lipinski definition) is 0. The van der Waals surface area contributed by atoms with Crippen molar-refractivity contribution < 1.29 is 13.6 Å². The van der Waals surface area contributed by atoms with Crippen molar-refractivity contribution >= 4 is 17.4 Å². The smallest absolute Gasteiger partial charge is 0.164 e. The van der Waals surface area contributed by atoms with Gasteiger partial charge in [-0.15, -0.1) is 0 Å². The van der Waals surface area contributed by atoms with Crippen LogP contribution in [0.4, 0.5) is 8.78 Å². The predicted octanol–water partition coefficient (Wildman–Crippen LogP) is 5.16. The van der Waals surface area contributed by atoms with Crippen LogP contribution in [-0.2, 0) is 0 Å². The number of Topliss-reactive ketones (excluding diaryl/α,β-unsaturated/α-hetero) is 1. The second-order valence-electron chi connectivity index (χ2n) is 4.33. The molecule has 0 radical (unpaired) electrons. The fraction of sp³-hybridized carbons (Fsp3) is 0.500. The molecule has 0 fully saturated rings. The number of halogens is 3. The van der Waals surface area contributed by atoms with Crippen LogP contribution in [0.2, 0.25) is 5.02 Å². The SMILES string of the molecule is CCCCCCCC(=O)c1cc(F)c(F)cc1Cl. The minimum absolute atomic E-state index is 0.0209. The summed E-state index contributed by atoms with van der Waals surface area (Å²) in [6, 6.07) is 1.73. The molecule has 1 rings (SSSR count). The second-order valence-corrected chi connectivity index (χ2v) is 4.74. The summed E-state index contributed by atoms with van der Waals surface area (Å²) >= 11 is 5.73. The molecule has 0 bridgehead atoms. The Morgan fingerprint density at radius 2 is 1.72 bits per heavy atom. The highest BCUT2D eigenvalue weighted by molar-refractivity contribution is 6.33. The van der Waals surface area contributed by atoms with Crippen LogP contribution < -0.4 is 0 Å². The van der Waals surface area contributed by atoms with E-state index in [0.717, 1.165) is 44.2 Å². The molecule has 4 heteroatoms. The standard InChI is InChI=1S/C14H17ClF2O/c1-2-3-4-5-6-7-14(18)10-8-12(16)13(17)9-11(10)15/h8-9H,2-7H2,1H3. The first-order chi connectivity index (χ1) is 8.56. The van der Waals surface area contributed by atoms with Gasteiger partial charge in [0.05, 0.1) is 5.02 Å². The Morgan fingerprint density at radius 3 is 2.39 bits per heavy atom. The van der Waals surface area contributed by atoms with Crippen molar-refractivity contribution in [3.63, 3.8) is 0 Å². The van der Waals surface area contributed by atoms with E-state index in [9.17, 15) is 13.6 Å². The highest BCUT2D eigenvalue weighted by atomic mass is 35.5. The number of unbranched alkanes of at least 4 members (excludes halogenated alkanes) is 4. The van der Waals surface area contributed by atoms with Gasteiger partial charge < -0.3 is 0 Å². The van der Waals surface area contributed by atoms with E-state index in [4.69, 9.17) is 11.6 Å². The maximum atomic E-state index is 13.0. The van der Waals surface area contributed by atoms with Crippen molar-refractivity contribution in [1.82, 2.24) is 0 Å². The van der Waals surface area contributed by atoms with Crippen LogP contribution in [0.15, 0.2) is 12.1 Å². The largest absolute Gasteiger partial charge is 0.294 e. The zero-order chi connectivity index (χ0) is 13.5. The first kappa shape index (κ1) is 15.1. The lowest BCUT2D eigenvalue weighted by molar-refractivity contribution is 0.0978. The van der Waals surface area contributed by atoms with Crippen molar-refractivity contribution in [1.29, 1.82) is 0 Å². The summed E-state index contributed by atoms with van der Waals surface area (Å²) in [7, 11) is 0. The number of benzene rings is 1. The molecule has 1 aromatic rings. The maximum absolute atomic E-state index is 13.0. The molecule has 0 aliphatic carbocycles. The molecule has 0 heterocycles. The van der Waals surface area contributed by atoms with E-state index in [1.807, 2.05) is 0 Å². The zero-order valence-corrected chi connectivity index (χ0v) is 11.2. The molecule has 18 heavy (non-hydrogen) atoms. The third-order valence-electron chi connectivity index (χ3n) is 2.82. The van der Waals surface area contributed by atoms with E-state index >= 15 is 0 Å². The first-order valence-corrected chi connectivity index (χ1v) is 6.61. The number of carbonyl (C=O) groups is 1. The van der Waals surface area contributed by atoms with Gasteiger partial charge in [0.15, 0.2) is 17.4 Å². The Kier molecular flexibility index (Phi) is 6.27. The van der Waals surface area contributed by atoms with Gasteiger partial charge >= 0.3 is 0 Å². The van der Waals surface area contributed by atoms with Crippen LogP contribution in [0.25, 0.3) is 0 Å². The van der Waals surface area contributed by atoms with Crippen LogP contribution in [0.1, 0.15) is 55.8 Å². The van der Waals surface area contributed by atoms with Crippen molar-refractivity contribution in [3.05, 3.63) is 34.4 Å². The monoisotopic (exact) mass is 274 g/mol. The molecular weight excluding hydrogens is 258 g/mol. The van der Waals surface area contributed by atoms with Crippen LogP contribution in [-0.4, -0.2) is 5.78 Å². The molecule has 0 unspecified atom stereocenters. The first-order valence-electron chi connectivity index (χ1n) is 6.24. The molecule has 0 spiro atoms. The average molecular weight is 275 g/mol. The molecule has 0 aliphatic heterocycles. The van der Waals surface area contributed by atoms with Gasteiger partial charge in [-0.25, -0.2) is 8.78 Å². The summed E-state index contributed by atoms with van der Waals surface area (Å²) in [5.74, 6) is -2.29. The van der Waals surface area contributed by atoms with Gasteiger partial charge in [-0.1, -0.05) is 44.2 Å². The Bertz CT molecular complexity index is 419. The summed E-state index contributed by atoms with van der Waals surface area (Å²) in [5, 5.41) is -0.0209. The lowest BCUT2D eigenvalue weighted by Gasteiger charge is -2.04. The highest BCUT2D eigenvalue weighted by Crippen LogP contribution is 2.22. The summed E-state index contributed by atoms with van der Waals surface area (Å²) in [5.41, 5.74) is 0.0751. The summed E-state index contributed by atoms with van der Waals surface area (Å²) in [6.45, 7) is 2.12. The average Bonchev–Trinajstić information content (AvgIpc) is 2.33. The molecule has 0 N–H and O–H groups in total. The van der Waals surface area contributed by atoms with E-state index in [-0.39, 0.29) is 16.4 Å². The zero-order valence-electron chi connectivity index (χ0n) is 10.4. The van der Waals surface area contributed by atoms with E-state index in [2.05, 4.69) is 6.92 Å². The summed E-state index contributed by atoms with van der Waals surface area (Å²) < 4.78 is 25.9. The van der Waals surface area contributed by atoms with Gasteiger partial charge in [-0.05, 0) is 18.6 Å². The minimum Gasteiger partial charge on any atom is -0.294 e. The van der Waals surface area contributed by atoms with Crippen molar-refractivity contribution in [2.24, 2.45) is 0 Å². The lowest BCUT2D eigenvalue weighted by atomic mass is 10.0. The Hall–Kier alpha value is -0.960. The number of hydrogen-bond acceptors (Lipinski definition) is 1. The summed E-state index contributed by atoms with van der Waals surface area (Å²) in [6.07, 6.45) is 5.45. The maximum Gasteiger partial charge on any atom is 0.164 e. The van der Waals surface area contributed by atoms with E-state index in [1.54, 1.807) is 0 Å². The second kappa shape index (κ2) is 7.47. The van der Waals surface area contributed by atoms with Gasteiger partial charge in [-0.2, -0.15) is 0 Å². The van der Waals surface area contributed by atoms with Crippen LogP contribution in [0.5, 0.6) is 0 Å². The van der Waals surface area contributed by atoms with E-state index < -0.39 is 11.6 Å². The summed E-state index contributed by atoms with van der Waals surface area (Å²) in [4.78, 5) is 11.8. The quantitative estimate of drug-likeness (QED) is 0.381. The molecule has 100 valence electrons. The van der Waals surface area contributed by atoms with E-state index in [0.29, 0.717) is 6.42 Å². The molecular formula is C14H17ClF2O. The third-order valence-corrected chi connectivity index (χ3v) is 3.13. The van der Waals surface area contributed by atoms with Gasteiger partial charge in [0.1, 0.15) is 0 Å². The van der Waals surface area contributed by atoms with Crippen LogP contribution >= 0.6 is 11.6 Å². The van der Waals surface area contributed by atoms with Gasteiger partial charge in [0, 0.05) is 12.0 Å². The van der Waals surface area contributed by atoms with Crippen molar-refractivity contribution in [3.8, 4) is 0 Å². The fourth-order valence-corrected chi connectivity index (χ4v) is 2.02. The van der Waals surface area contributed by atoms with Gasteiger partial charge in [0.2, 0.25) is 0 Å². The number of rotatable bonds is 7.